The molecule has 0 spiro atoms. The maximum Gasteiger partial charge on any atom is 0.227 e. The first kappa shape index (κ1) is 23.9. The van der Waals surface area contributed by atoms with Crippen LogP contribution in [0.3, 0.4) is 0 Å². The van der Waals surface area contributed by atoms with Crippen molar-refractivity contribution in [1.82, 2.24) is 9.55 Å². The fourth-order valence-corrected chi connectivity index (χ4v) is 5.10. The number of anilines is 1. The summed E-state index contributed by atoms with van der Waals surface area (Å²) in [6, 6.07) is 24.1. The van der Waals surface area contributed by atoms with E-state index in [0.29, 0.717) is 31.2 Å². The molecule has 1 aliphatic heterocycles. The first-order chi connectivity index (χ1) is 17.6. The van der Waals surface area contributed by atoms with E-state index in [1.165, 1.54) is 5.56 Å². The molecule has 0 saturated carbocycles. The summed E-state index contributed by atoms with van der Waals surface area (Å²) in [5, 5.41) is 0. The molecule has 1 aromatic heterocycles. The highest BCUT2D eigenvalue weighted by Crippen LogP contribution is 2.37. The van der Waals surface area contributed by atoms with Crippen LogP contribution in [0.2, 0.25) is 0 Å². The number of hydrogen-bond donors (Lipinski definition) is 0. The average Bonchev–Trinajstić information content (AvgIpc) is 3.47. The zero-order valence-electron chi connectivity index (χ0n) is 21.2. The Morgan fingerprint density at radius 2 is 1.69 bits per heavy atom. The Balaban J connectivity index is 1.35. The summed E-state index contributed by atoms with van der Waals surface area (Å²) in [5.41, 5.74) is 4.10. The number of carbonyl (C=O) groups excluding carboxylic acids is 1. The quantitative estimate of drug-likeness (QED) is 0.268. The van der Waals surface area contributed by atoms with Gasteiger partial charge in [0.1, 0.15) is 17.3 Å². The van der Waals surface area contributed by atoms with Crippen LogP contribution in [-0.4, -0.2) is 35.7 Å². The number of ether oxygens (including phenoxy) is 2. The van der Waals surface area contributed by atoms with Crippen molar-refractivity contribution in [3.05, 3.63) is 84.2 Å². The number of amides is 1. The van der Waals surface area contributed by atoms with E-state index in [-0.39, 0.29) is 11.8 Å². The highest BCUT2D eigenvalue weighted by molar-refractivity contribution is 5.97. The van der Waals surface area contributed by atoms with E-state index < -0.39 is 0 Å². The number of benzene rings is 3. The smallest absolute Gasteiger partial charge is 0.227 e. The molecule has 1 atom stereocenters. The van der Waals surface area contributed by atoms with E-state index in [4.69, 9.17) is 14.5 Å². The van der Waals surface area contributed by atoms with Crippen molar-refractivity contribution < 1.29 is 14.3 Å². The van der Waals surface area contributed by atoms with Gasteiger partial charge in [-0.1, -0.05) is 56.3 Å². The molecule has 1 saturated heterocycles. The summed E-state index contributed by atoms with van der Waals surface area (Å²) in [6.07, 6.45) is 1.27. The van der Waals surface area contributed by atoms with Crippen LogP contribution in [0.1, 0.15) is 49.9 Å². The van der Waals surface area contributed by atoms with Gasteiger partial charge in [-0.05, 0) is 48.2 Å². The lowest BCUT2D eigenvalue weighted by atomic mass is 10.0. The molecule has 5 rings (SSSR count). The lowest BCUT2D eigenvalue weighted by Gasteiger charge is -2.20. The number of aryl methyl sites for hydroxylation is 1. The highest BCUT2D eigenvalue weighted by Gasteiger charge is 2.35. The molecule has 0 bridgehead atoms. The Kier molecular flexibility index (Phi) is 6.94. The average molecular weight is 484 g/mol. The molecule has 186 valence electrons. The third-order valence-corrected chi connectivity index (χ3v) is 6.87. The standard InChI is InChI=1S/C30H33N3O3/c1-21(2)23-11-4-8-15-27(23)36-18-10-17-32-25-13-6-5-12-24(25)31-30(32)22-19-29(34)33(20-22)26-14-7-9-16-28(26)35-3/h4-9,11-16,21-22H,10,17-20H2,1-3H3. The van der Waals surface area contributed by atoms with Crippen LogP contribution in [0.4, 0.5) is 5.69 Å². The number of carbonyl (C=O) groups is 1. The largest absolute Gasteiger partial charge is 0.495 e. The van der Waals surface area contributed by atoms with Crippen LogP contribution in [-0.2, 0) is 11.3 Å². The monoisotopic (exact) mass is 483 g/mol. The summed E-state index contributed by atoms with van der Waals surface area (Å²) in [4.78, 5) is 19.9. The number of nitrogens with zero attached hydrogens (tertiary/aromatic N) is 3. The van der Waals surface area contributed by atoms with Crippen LogP contribution in [0, 0.1) is 0 Å². The Morgan fingerprint density at radius 1 is 0.972 bits per heavy atom. The summed E-state index contributed by atoms with van der Waals surface area (Å²) < 4.78 is 14.0. The molecule has 1 amide bonds. The molecule has 2 heterocycles. The van der Waals surface area contributed by atoms with Gasteiger partial charge in [-0.3, -0.25) is 4.79 Å². The Bertz CT molecular complexity index is 1360. The van der Waals surface area contributed by atoms with E-state index in [1.54, 1.807) is 7.11 Å². The Labute approximate surface area is 212 Å². The maximum atomic E-state index is 13.1. The number of hydrogen-bond acceptors (Lipinski definition) is 4. The predicted octanol–water partition coefficient (Wildman–Crippen LogP) is 6.16. The fourth-order valence-electron chi connectivity index (χ4n) is 5.10. The summed E-state index contributed by atoms with van der Waals surface area (Å²) in [7, 11) is 1.64. The van der Waals surface area contributed by atoms with Gasteiger partial charge in [0, 0.05) is 25.4 Å². The minimum Gasteiger partial charge on any atom is -0.495 e. The zero-order valence-corrected chi connectivity index (χ0v) is 21.2. The molecular weight excluding hydrogens is 450 g/mol. The third kappa shape index (κ3) is 4.68. The second-order valence-corrected chi connectivity index (χ2v) is 9.58. The van der Waals surface area contributed by atoms with Gasteiger partial charge in [0.25, 0.3) is 0 Å². The molecule has 6 heteroatoms. The topological polar surface area (TPSA) is 56.6 Å². The maximum absolute atomic E-state index is 13.1. The zero-order chi connectivity index (χ0) is 25.1. The first-order valence-electron chi connectivity index (χ1n) is 12.7. The van der Waals surface area contributed by atoms with Crippen molar-refractivity contribution in [3.63, 3.8) is 0 Å². The fraction of sp³-hybridized carbons (Fsp3) is 0.333. The van der Waals surface area contributed by atoms with Gasteiger partial charge in [0.05, 0.1) is 30.4 Å². The van der Waals surface area contributed by atoms with Crippen LogP contribution in [0.15, 0.2) is 72.8 Å². The molecule has 1 aliphatic rings. The second kappa shape index (κ2) is 10.4. The number of imidazole rings is 1. The van der Waals surface area contributed by atoms with Gasteiger partial charge < -0.3 is 18.9 Å². The molecule has 6 nitrogen and oxygen atoms in total. The summed E-state index contributed by atoms with van der Waals surface area (Å²) in [6.45, 7) is 6.35. The SMILES string of the molecule is COc1ccccc1N1CC(c2nc3ccccc3n2CCCOc2ccccc2C(C)C)CC1=O. The number of rotatable bonds is 9. The first-order valence-corrected chi connectivity index (χ1v) is 12.7. The molecule has 36 heavy (non-hydrogen) atoms. The Morgan fingerprint density at radius 3 is 2.50 bits per heavy atom. The third-order valence-electron chi connectivity index (χ3n) is 6.87. The molecule has 4 aromatic rings. The predicted molar refractivity (Wildman–Crippen MR) is 143 cm³/mol. The number of methoxy groups -OCH3 is 1. The van der Waals surface area contributed by atoms with E-state index in [2.05, 4.69) is 36.6 Å². The summed E-state index contributed by atoms with van der Waals surface area (Å²) in [5.74, 6) is 3.14. The van der Waals surface area contributed by atoms with Crippen LogP contribution in [0.5, 0.6) is 11.5 Å². The van der Waals surface area contributed by atoms with Crippen molar-refractivity contribution >= 4 is 22.6 Å². The van der Waals surface area contributed by atoms with E-state index >= 15 is 0 Å². The molecular formula is C30H33N3O3. The van der Waals surface area contributed by atoms with Crippen LogP contribution in [0.25, 0.3) is 11.0 Å². The summed E-state index contributed by atoms with van der Waals surface area (Å²) >= 11 is 0. The van der Waals surface area contributed by atoms with Gasteiger partial charge >= 0.3 is 0 Å². The number of aromatic nitrogens is 2. The van der Waals surface area contributed by atoms with Crippen molar-refractivity contribution in [1.29, 1.82) is 0 Å². The molecule has 1 fully saturated rings. The lowest BCUT2D eigenvalue weighted by Crippen LogP contribution is -2.25. The molecule has 0 N–H and O–H groups in total. The molecule has 0 radical (unpaired) electrons. The van der Waals surface area contributed by atoms with E-state index in [0.717, 1.165) is 41.3 Å². The van der Waals surface area contributed by atoms with Crippen molar-refractivity contribution in [2.75, 3.05) is 25.2 Å². The van der Waals surface area contributed by atoms with Crippen molar-refractivity contribution in [3.8, 4) is 11.5 Å². The van der Waals surface area contributed by atoms with E-state index in [9.17, 15) is 4.79 Å². The van der Waals surface area contributed by atoms with Crippen LogP contribution < -0.4 is 14.4 Å². The van der Waals surface area contributed by atoms with Crippen molar-refractivity contribution in [2.24, 2.45) is 0 Å². The number of fused-ring (bicyclic) bond motifs is 1. The molecule has 1 unspecified atom stereocenters. The minimum absolute atomic E-state index is 0.0115. The van der Waals surface area contributed by atoms with Crippen molar-refractivity contribution in [2.45, 2.75) is 45.1 Å². The Hall–Kier alpha value is -3.80. The second-order valence-electron chi connectivity index (χ2n) is 9.58. The van der Waals surface area contributed by atoms with Gasteiger partial charge in [-0.2, -0.15) is 0 Å². The normalized spacial score (nSPS) is 15.7. The molecule has 0 aliphatic carbocycles. The lowest BCUT2D eigenvalue weighted by molar-refractivity contribution is -0.117. The van der Waals surface area contributed by atoms with E-state index in [1.807, 2.05) is 59.5 Å². The molecule has 3 aromatic carbocycles. The number of para-hydroxylation sites is 5. The highest BCUT2D eigenvalue weighted by atomic mass is 16.5. The van der Waals surface area contributed by atoms with Gasteiger partial charge in [-0.15, -0.1) is 0 Å². The minimum atomic E-state index is 0.0115. The van der Waals surface area contributed by atoms with Gasteiger partial charge in [0.2, 0.25) is 5.91 Å². The van der Waals surface area contributed by atoms with Gasteiger partial charge in [0.15, 0.2) is 0 Å². The van der Waals surface area contributed by atoms with Crippen LogP contribution >= 0.6 is 0 Å². The van der Waals surface area contributed by atoms with Gasteiger partial charge in [-0.25, -0.2) is 4.98 Å².